The molecule has 0 unspecified atom stereocenters. The smallest absolute Gasteiger partial charge is 0.128 e. The number of aromatic nitrogens is 3. The van der Waals surface area contributed by atoms with E-state index in [1.165, 1.54) is 0 Å². The molecule has 0 amide bonds. The number of ether oxygens (including phenoxy) is 1. The Kier molecular flexibility index (Phi) is 4.39. The zero-order valence-corrected chi connectivity index (χ0v) is 12.8. The monoisotopic (exact) mass is 274 g/mol. The Hall–Kier alpha value is -1.88. The topological polar surface area (TPSA) is 52.0 Å². The summed E-state index contributed by atoms with van der Waals surface area (Å²) in [6.45, 7) is 7.59. The predicted octanol–water partition coefficient (Wildman–Crippen LogP) is 1.98. The van der Waals surface area contributed by atoms with E-state index < -0.39 is 0 Å². The first-order valence-electron chi connectivity index (χ1n) is 6.73. The lowest BCUT2D eigenvalue weighted by Crippen LogP contribution is -2.14. The number of aryl methyl sites for hydroxylation is 2. The van der Waals surface area contributed by atoms with Crippen molar-refractivity contribution in [2.24, 2.45) is 0 Å². The summed E-state index contributed by atoms with van der Waals surface area (Å²) in [7, 11) is 3.64. The predicted molar refractivity (Wildman–Crippen MR) is 79.1 cm³/mol. The summed E-state index contributed by atoms with van der Waals surface area (Å²) in [6.07, 6.45) is 3.78. The minimum atomic E-state index is 0.714. The van der Waals surface area contributed by atoms with Crippen LogP contribution in [0.5, 0.6) is 5.75 Å². The molecular formula is C15H22N4O. The van der Waals surface area contributed by atoms with Gasteiger partial charge in [-0.15, -0.1) is 0 Å². The lowest BCUT2D eigenvalue weighted by molar-refractivity contribution is 0.406. The van der Waals surface area contributed by atoms with Crippen LogP contribution in [0, 0.1) is 20.8 Å². The van der Waals surface area contributed by atoms with Crippen molar-refractivity contribution in [3.8, 4) is 5.75 Å². The van der Waals surface area contributed by atoms with Gasteiger partial charge in [0.2, 0.25) is 0 Å². The molecule has 2 aromatic rings. The second-order valence-electron chi connectivity index (χ2n) is 4.96. The van der Waals surface area contributed by atoms with Crippen molar-refractivity contribution < 1.29 is 4.74 Å². The molecule has 1 N–H and O–H groups in total. The van der Waals surface area contributed by atoms with Gasteiger partial charge in [-0.1, -0.05) is 0 Å². The molecule has 2 aromatic heterocycles. The number of pyridine rings is 1. The first-order chi connectivity index (χ1) is 9.58. The van der Waals surface area contributed by atoms with Gasteiger partial charge in [-0.05, 0) is 27.8 Å². The maximum Gasteiger partial charge on any atom is 0.128 e. The van der Waals surface area contributed by atoms with Gasteiger partial charge in [0.15, 0.2) is 0 Å². The van der Waals surface area contributed by atoms with Crippen molar-refractivity contribution in [3.05, 3.63) is 40.7 Å². The third kappa shape index (κ3) is 2.67. The van der Waals surface area contributed by atoms with Crippen molar-refractivity contribution in [1.82, 2.24) is 19.9 Å². The van der Waals surface area contributed by atoms with Gasteiger partial charge in [-0.25, -0.2) is 4.98 Å². The van der Waals surface area contributed by atoms with Gasteiger partial charge in [0, 0.05) is 30.1 Å². The lowest BCUT2D eigenvalue weighted by Gasteiger charge is -2.15. The summed E-state index contributed by atoms with van der Waals surface area (Å²) in [6, 6.07) is 0. The Bertz CT molecular complexity index is 604. The van der Waals surface area contributed by atoms with E-state index in [2.05, 4.69) is 26.8 Å². The van der Waals surface area contributed by atoms with Crippen molar-refractivity contribution in [2.45, 2.75) is 33.9 Å². The summed E-state index contributed by atoms with van der Waals surface area (Å²) >= 11 is 0. The first kappa shape index (κ1) is 14.5. The van der Waals surface area contributed by atoms with Crippen LogP contribution in [0.4, 0.5) is 0 Å². The molecular weight excluding hydrogens is 252 g/mol. The van der Waals surface area contributed by atoms with Crippen LogP contribution in [0.2, 0.25) is 0 Å². The van der Waals surface area contributed by atoms with Gasteiger partial charge in [-0.2, -0.15) is 0 Å². The van der Waals surface area contributed by atoms with Crippen molar-refractivity contribution in [3.63, 3.8) is 0 Å². The third-order valence-electron chi connectivity index (χ3n) is 3.55. The van der Waals surface area contributed by atoms with Crippen LogP contribution >= 0.6 is 0 Å². The van der Waals surface area contributed by atoms with E-state index in [9.17, 15) is 0 Å². The van der Waals surface area contributed by atoms with Gasteiger partial charge >= 0.3 is 0 Å². The van der Waals surface area contributed by atoms with Crippen molar-refractivity contribution in [1.29, 1.82) is 0 Å². The van der Waals surface area contributed by atoms with Crippen molar-refractivity contribution >= 4 is 0 Å². The highest BCUT2D eigenvalue weighted by atomic mass is 16.5. The molecule has 0 fully saturated rings. The first-order valence-corrected chi connectivity index (χ1v) is 6.73. The summed E-state index contributed by atoms with van der Waals surface area (Å²) in [5.74, 6) is 1.92. The number of rotatable bonds is 5. The van der Waals surface area contributed by atoms with Crippen LogP contribution in [0.25, 0.3) is 0 Å². The van der Waals surface area contributed by atoms with E-state index in [1.54, 1.807) is 7.11 Å². The Morgan fingerprint density at radius 1 is 1.20 bits per heavy atom. The molecule has 0 atom stereocenters. The normalized spacial score (nSPS) is 10.8. The second-order valence-corrected chi connectivity index (χ2v) is 4.96. The molecule has 0 saturated heterocycles. The Morgan fingerprint density at radius 3 is 2.60 bits per heavy atom. The highest BCUT2D eigenvalue weighted by Crippen LogP contribution is 2.24. The molecule has 0 aromatic carbocycles. The highest BCUT2D eigenvalue weighted by molar-refractivity contribution is 5.41. The van der Waals surface area contributed by atoms with Crippen LogP contribution in [0.3, 0.4) is 0 Å². The molecule has 2 rings (SSSR count). The van der Waals surface area contributed by atoms with Gasteiger partial charge in [0.25, 0.3) is 0 Å². The van der Waals surface area contributed by atoms with Crippen LogP contribution in [0.15, 0.2) is 12.4 Å². The zero-order valence-electron chi connectivity index (χ0n) is 12.8. The fraction of sp³-hybridized carbons (Fsp3) is 0.467. The van der Waals surface area contributed by atoms with Crippen molar-refractivity contribution in [2.75, 3.05) is 14.2 Å². The fourth-order valence-corrected chi connectivity index (χ4v) is 2.43. The van der Waals surface area contributed by atoms with E-state index in [4.69, 9.17) is 4.74 Å². The van der Waals surface area contributed by atoms with E-state index in [-0.39, 0.29) is 0 Å². The van der Waals surface area contributed by atoms with Crippen LogP contribution < -0.4 is 10.1 Å². The van der Waals surface area contributed by atoms with E-state index in [1.807, 2.05) is 33.3 Å². The maximum absolute atomic E-state index is 5.47. The minimum absolute atomic E-state index is 0.714. The lowest BCUT2D eigenvalue weighted by atomic mass is 10.1. The second kappa shape index (κ2) is 6.05. The zero-order chi connectivity index (χ0) is 14.7. The third-order valence-corrected chi connectivity index (χ3v) is 3.55. The molecule has 108 valence electrons. The molecule has 0 bridgehead atoms. The van der Waals surface area contributed by atoms with Crippen LogP contribution in [-0.4, -0.2) is 28.7 Å². The molecule has 0 radical (unpaired) electrons. The molecule has 0 aliphatic carbocycles. The summed E-state index contributed by atoms with van der Waals surface area (Å²) in [5.41, 5.74) is 4.33. The largest absolute Gasteiger partial charge is 0.496 e. The highest BCUT2D eigenvalue weighted by Gasteiger charge is 2.13. The van der Waals surface area contributed by atoms with Gasteiger partial charge < -0.3 is 14.6 Å². The summed E-state index contributed by atoms with van der Waals surface area (Å²) < 4.78 is 7.65. The molecule has 0 aliphatic rings. The minimum Gasteiger partial charge on any atom is -0.496 e. The average molecular weight is 274 g/mol. The van der Waals surface area contributed by atoms with Crippen LogP contribution in [0.1, 0.15) is 28.3 Å². The van der Waals surface area contributed by atoms with Gasteiger partial charge in [0.1, 0.15) is 11.6 Å². The number of hydrogen-bond acceptors (Lipinski definition) is 4. The van der Waals surface area contributed by atoms with Crippen LogP contribution in [-0.2, 0) is 13.1 Å². The number of nitrogens with zero attached hydrogens (tertiary/aromatic N) is 3. The van der Waals surface area contributed by atoms with Gasteiger partial charge in [-0.3, -0.25) is 4.98 Å². The fourth-order valence-electron chi connectivity index (χ4n) is 2.43. The summed E-state index contributed by atoms with van der Waals surface area (Å²) in [4.78, 5) is 8.94. The number of nitrogens with one attached hydrogen (secondary N) is 1. The maximum atomic E-state index is 5.47. The molecule has 20 heavy (non-hydrogen) atoms. The molecule has 5 nitrogen and oxygen atoms in total. The van der Waals surface area contributed by atoms with E-state index in [0.29, 0.717) is 6.54 Å². The molecule has 2 heterocycles. The quantitative estimate of drug-likeness (QED) is 0.906. The SMILES string of the molecule is CNCc1cnc(C)n1Cc1ncc(C)c(OC)c1C. The molecule has 0 aliphatic heterocycles. The number of methoxy groups -OCH3 is 1. The number of hydrogen-bond donors (Lipinski definition) is 1. The Labute approximate surface area is 120 Å². The van der Waals surface area contributed by atoms with Gasteiger partial charge in [0.05, 0.1) is 25.0 Å². The molecule has 5 heteroatoms. The average Bonchev–Trinajstić information content (AvgIpc) is 2.76. The standard InChI is InChI=1S/C15H22N4O/c1-10-6-18-14(11(2)15(10)20-5)9-19-12(3)17-8-13(19)7-16-4/h6,8,16H,7,9H2,1-5H3. The molecule has 0 spiro atoms. The van der Waals surface area contributed by atoms with E-state index >= 15 is 0 Å². The number of imidazole rings is 1. The Morgan fingerprint density at radius 2 is 1.95 bits per heavy atom. The Balaban J connectivity index is 2.38. The summed E-state index contributed by atoms with van der Waals surface area (Å²) in [5, 5.41) is 3.16. The molecule has 0 saturated carbocycles. The van der Waals surface area contributed by atoms with E-state index in [0.717, 1.165) is 40.6 Å².